The number of fused-ring (bicyclic) bond motifs is 5. The van der Waals surface area contributed by atoms with Crippen LogP contribution < -0.4 is 47.7 Å². The number of alkyl halides is 1. The normalized spacial score (nSPS) is 44.6. The molecule has 5 unspecified atom stereocenters. The molecule has 11 atom stereocenters. The van der Waals surface area contributed by atoms with Gasteiger partial charge in [0.05, 0.1) is 41.1 Å². The summed E-state index contributed by atoms with van der Waals surface area (Å²) in [7, 11) is 1.70. The Balaban J connectivity index is 1.55. The number of halogens is 2. The van der Waals surface area contributed by atoms with E-state index in [1.807, 2.05) is 22.9 Å². The van der Waals surface area contributed by atoms with Crippen LogP contribution in [-0.2, 0) is 9.63 Å². The van der Waals surface area contributed by atoms with Crippen molar-refractivity contribution in [3.63, 3.8) is 0 Å². The number of aliphatic hydroxyl groups excluding tert-OH is 2. The molecule has 3 saturated carbocycles. The molecule has 42 heavy (non-hydrogen) atoms. The average Bonchev–Trinajstić information content (AvgIpc) is 3.51. The second-order valence-corrected chi connectivity index (χ2v) is 15.0. The minimum atomic E-state index is -1.89. The Morgan fingerprint density at radius 2 is 2.10 bits per heavy atom. The van der Waals surface area contributed by atoms with E-state index in [2.05, 4.69) is 25.1 Å². The van der Waals surface area contributed by atoms with Gasteiger partial charge in [0.15, 0.2) is 0 Å². The molecule has 0 saturated heterocycles. The number of likely N-dealkylation sites (N-methyl/N-ethyl adjacent to an activating group) is 1. The van der Waals surface area contributed by atoms with Gasteiger partial charge in [0.1, 0.15) is 0 Å². The summed E-state index contributed by atoms with van der Waals surface area (Å²) in [5, 5.41) is 42.4. The van der Waals surface area contributed by atoms with E-state index in [1.54, 1.807) is 31.3 Å². The quantitative estimate of drug-likeness (QED) is 0.0295. The van der Waals surface area contributed by atoms with Crippen LogP contribution >= 0.6 is 43.6 Å². The predicted octanol–water partition coefficient (Wildman–Crippen LogP) is -3.15. The van der Waals surface area contributed by atoms with E-state index in [1.165, 1.54) is 12.3 Å². The van der Waals surface area contributed by atoms with Gasteiger partial charge in [-0.05, 0) is 55.9 Å². The molecule has 3 fully saturated rings. The summed E-state index contributed by atoms with van der Waals surface area (Å²) in [5.41, 5.74) is 14.1. The SMILES string of the molecule is CN[C@@H]1CC2C3CC(N)C4=CC(O)C=C[C@]4(NI)[C@@]3(N)[C@@H](O)C[C@]2(NC2=IC2)[C@@]1(O[NH+]([O-])c1ccco1)C(=O)NNN. The number of hydrogen-bond donors (Lipinski definition) is 11. The molecule has 1 aliphatic heterocycles. The third-order valence-electron chi connectivity index (χ3n) is 10.0. The number of hydrazine groups is 2. The number of quaternary nitrogens is 1. The van der Waals surface area contributed by atoms with Crippen LogP contribution in [0.3, 0.4) is 0 Å². The summed E-state index contributed by atoms with van der Waals surface area (Å²) in [5.74, 6) is 3.96. The number of carbonyl (C=O) groups is 1. The Hall–Kier alpha value is -0.920. The molecule has 4 aliphatic carbocycles. The summed E-state index contributed by atoms with van der Waals surface area (Å²) in [4.78, 5) is 20.6. The zero-order chi connectivity index (χ0) is 30.1. The largest absolute Gasteiger partial charge is 0.592 e. The highest BCUT2D eigenvalue weighted by molar-refractivity contribution is 14.2. The summed E-state index contributed by atoms with van der Waals surface area (Å²) in [6, 6.07) is 1.80. The molecular weight excluding hydrogens is 776 g/mol. The summed E-state index contributed by atoms with van der Waals surface area (Å²) < 4.78 is 10.6. The van der Waals surface area contributed by atoms with Crippen molar-refractivity contribution >= 4 is 59.0 Å². The van der Waals surface area contributed by atoms with E-state index in [4.69, 9.17) is 26.6 Å². The molecule has 1 aromatic rings. The van der Waals surface area contributed by atoms with Crippen LogP contribution in [0.2, 0.25) is 0 Å². The fourth-order valence-electron chi connectivity index (χ4n) is 8.29. The van der Waals surface area contributed by atoms with Crippen molar-refractivity contribution in [2.24, 2.45) is 29.1 Å². The summed E-state index contributed by atoms with van der Waals surface area (Å²) >= 11 is 1.77. The first-order valence-corrected chi connectivity index (χ1v) is 17.4. The van der Waals surface area contributed by atoms with E-state index < -0.39 is 69.5 Å². The van der Waals surface area contributed by atoms with Crippen molar-refractivity contribution in [1.82, 2.24) is 25.1 Å². The zero-order valence-electron chi connectivity index (χ0n) is 22.8. The number of hydrogen-bond acceptors (Lipinski definition) is 13. The first kappa shape index (κ1) is 31.1. The molecule has 17 heteroatoms. The number of nitrogens with two attached hydrogens (primary N) is 3. The number of rotatable bonds is 9. The van der Waals surface area contributed by atoms with Crippen LogP contribution in [0.25, 0.3) is 0 Å². The molecule has 5 aliphatic rings. The van der Waals surface area contributed by atoms with Gasteiger partial charge in [-0.15, -0.1) is 0 Å². The topological polar surface area (TPSA) is 246 Å². The third-order valence-corrected chi connectivity index (χ3v) is 12.7. The Kier molecular flexibility index (Phi) is 8.25. The molecule has 1 amide bonds. The Labute approximate surface area is 266 Å². The number of aliphatic hydroxyl groups is 2. The van der Waals surface area contributed by atoms with E-state index in [0.717, 1.165) is 8.06 Å². The first-order chi connectivity index (χ1) is 20.0. The molecule has 0 aromatic carbocycles. The molecule has 15 nitrogen and oxygen atoms in total. The van der Waals surface area contributed by atoms with Crippen molar-refractivity contribution in [3.05, 3.63) is 47.4 Å². The monoisotopic (exact) mass is 813 g/mol. The number of nitrogens with one attached hydrogen (secondary N) is 6. The highest BCUT2D eigenvalue weighted by Crippen LogP contribution is 2.63. The van der Waals surface area contributed by atoms with Crippen LogP contribution in [-0.4, -0.2) is 77.7 Å². The van der Waals surface area contributed by atoms with Gasteiger partial charge in [-0.25, -0.2) is 3.53 Å². The first-order valence-electron chi connectivity index (χ1n) is 13.7. The van der Waals surface area contributed by atoms with Crippen LogP contribution in [0.1, 0.15) is 19.3 Å². The lowest BCUT2D eigenvalue weighted by Crippen LogP contribution is -3.05. The zero-order valence-corrected chi connectivity index (χ0v) is 27.1. The number of carbonyl (C=O) groups excluding carboxylic acids is 1. The molecule has 14 N–H and O–H groups in total. The average molecular weight is 813 g/mol. The smallest absolute Gasteiger partial charge is 0.328 e. The van der Waals surface area contributed by atoms with Crippen LogP contribution in [0.15, 0.2) is 46.6 Å². The van der Waals surface area contributed by atoms with Crippen molar-refractivity contribution < 1.29 is 29.5 Å². The summed E-state index contributed by atoms with van der Waals surface area (Å²) in [6.07, 6.45) is 5.14. The molecule has 1 aromatic heterocycles. The lowest BCUT2D eigenvalue weighted by molar-refractivity contribution is -1.02. The van der Waals surface area contributed by atoms with Gasteiger partial charge in [0, 0.05) is 43.0 Å². The third kappa shape index (κ3) is 4.21. The summed E-state index contributed by atoms with van der Waals surface area (Å²) in [6.45, 7) is 0. The Morgan fingerprint density at radius 3 is 2.71 bits per heavy atom. The van der Waals surface area contributed by atoms with Gasteiger partial charge >= 0.3 is 5.88 Å². The Morgan fingerprint density at radius 1 is 1.33 bits per heavy atom. The van der Waals surface area contributed by atoms with Crippen LogP contribution in [0.4, 0.5) is 5.88 Å². The van der Waals surface area contributed by atoms with Crippen molar-refractivity contribution in [2.75, 3.05) is 11.5 Å². The fraction of sp³-hybridized carbons (Fsp3) is 0.600. The standard InChI is InChI=1S/C25H37I2N9O6/c1-31-17-9-13-14-8-16(28)15-7-12(37)4-5-22(15,34-26)24(14,29)18(38)10-23(13,32-19-11-27-19)25(17,21(39)33-35-30)42-36(40)20-3-2-6-41-20/h2-7,12-14,16-18,31-32,34-38H,8-11,28-30H2,1H3,(H,33,39)/t12?,13?,14?,16?,17-,18+,22-,23-,24+,25+/m1/s1. The second kappa shape index (κ2) is 11.2. The van der Waals surface area contributed by atoms with Gasteiger partial charge in [-0.3, -0.25) is 21.4 Å². The van der Waals surface area contributed by atoms with Gasteiger partial charge < -0.3 is 36.6 Å². The van der Waals surface area contributed by atoms with E-state index in [9.17, 15) is 20.2 Å². The minimum absolute atomic E-state index is 0.0293. The maximum Gasteiger partial charge on any atom is 0.328 e. The van der Waals surface area contributed by atoms with Crippen molar-refractivity contribution in [1.29, 1.82) is 0 Å². The Bertz CT molecular complexity index is 1320. The van der Waals surface area contributed by atoms with Crippen LogP contribution in [0, 0.1) is 17.0 Å². The van der Waals surface area contributed by atoms with E-state index in [0.29, 0.717) is 18.4 Å². The van der Waals surface area contributed by atoms with Crippen molar-refractivity contribution in [3.8, 4) is 0 Å². The van der Waals surface area contributed by atoms with E-state index in [-0.39, 0.29) is 33.0 Å². The highest BCUT2D eigenvalue weighted by Gasteiger charge is 2.80. The molecule has 232 valence electrons. The van der Waals surface area contributed by atoms with Gasteiger partial charge in [0.2, 0.25) is 5.60 Å². The van der Waals surface area contributed by atoms with E-state index >= 15 is 0 Å². The maximum absolute atomic E-state index is 14.3. The number of furan rings is 1. The molecule has 0 bridgehead atoms. The highest BCUT2D eigenvalue weighted by atomic mass is 127. The van der Waals surface area contributed by atoms with Crippen molar-refractivity contribution in [2.45, 2.75) is 65.8 Å². The lowest BCUT2D eigenvalue weighted by atomic mass is 9.45. The van der Waals surface area contributed by atoms with Gasteiger partial charge in [-0.1, -0.05) is 32.9 Å². The van der Waals surface area contributed by atoms with Crippen LogP contribution in [0.5, 0.6) is 0 Å². The molecule has 0 spiro atoms. The minimum Gasteiger partial charge on any atom is -0.592 e. The van der Waals surface area contributed by atoms with Gasteiger partial charge in [0.25, 0.3) is 5.91 Å². The van der Waals surface area contributed by atoms with Gasteiger partial charge in [-0.2, -0.15) is 15.6 Å². The molecule has 6 rings (SSSR count). The maximum atomic E-state index is 14.3. The molecular formula is C25H37I2N9O6. The molecule has 0 radical (unpaired) electrons. The number of amides is 1. The predicted molar refractivity (Wildman–Crippen MR) is 169 cm³/mol. The lowest BCUT2D eigenvalue weighted by Gasteiger charge is -2.66. The molecule has 2 heterocycles. The second-order valence-electron chi connectivity index (χ2n) is 11.6. The fourth-order valence-corrected chi connectivity index (χ4v) is 10.3.